The number of carbonyl (C=O) groups excluding carboxylic acids is 2. The third-order valence-corrected chi connectivity index (χ3v) is 5.76. The molecule has 1 atom stereocenters. The van der Waals surface area contributed by atoms with Crippen LogP contribution in [-0.2, 0) is 6.54 Å². The third-order valence-electron chi connectivity index (χ3n) is 5.76. The van der Waals surface area contributed by atoms with Crippen LogP contribution in [0.3, 0.4) is 0 Å². The molecule has 7 nitrogen and oxygen atoms in total. The van der Waals surface area contributed by atoms with Crippen LogP contribution < -0.4 is 4.74 Å². The first-order chi connectivity index (χ1) is 14.2. The van der Waals surface area contributed by atoms with Gasteiger partial charge in [-0.25, -0.2) is 0 Å². The van der Waals surface area contributed by atoms with Gasteiger partial charge < -0.3 is 14.5 Å². The molecule has 2 amide bonds. The first-order valence-electron chi connectivity index (χ1n) is 10.5. The number of benzene rings is 1. The van der Waals surface area contributed by atoms with E-state index in [1.807, 2.05) is 47.2 Å². The number of aryl methyl sites for hydroxylation is 1. The van der Waals surface area contributed by atoms with E-state index in [1.165, 1.54) is 0 Å². The van der Waals surface area contributed by atoms with Crippen LogP contribution in [0.4, 0.5) is 0 Å². The van der Waals surface area contributed by atoms with Crippen molar-refractivity contribution in [2.24, 2.45) is 0 Å². The smallest absolute Gasteiger partial charge is 0.274 e. The van der Waals surface area contributed by atoms with Crippen LogP contribution in [0.25, 0.3) is 0 Å². The lowest BCUT2D eigenvalue weighted by Crippen LogP contribution is -2.39. The van der Waals surface area contributed by atoms with Crippen molar-refractivity contribution >= 4 is 11.8 Å². The molecular weight excluding hydrogens is 368 g/mol. The van der Waals surface area contributed by atoms with E-state index >= 15 is 0 Å². The summed E-state index contributed by atoms with van der Waals surface area (Å²) < 4.78 is 7.71. The highest BCUT2D eigenvalue weighted by atomic mass is 16.5. The molecule has 0 bridgehead atoms. The maximum Gasteiger partial charge on any atom is 0.274 e. The molecule has 2 saturated heterocycles. The van der Waals surface area contributed by atoms with Crippen LogP contribution in [0.5, 0.6) is 5.75 Å². The predicted molar refractivity (Wildman–Crippen MR) is 109 cm³/mol. The largest absolute Gasteiger partial charge is 0.491 e. The van der Waals surface area contributed by atoms with Crippen LogP contribution in [0.15, 0.2) is 36.5 Å². The second-order valence-electron chi connectivity index (χ2n) is 7.69. The minimum absolute atomic E-state index is 0.0325. The van der Waals surface area contributed by atoms with Crippen molar-refractivity contribution in [3.05, 3.63) is 47.8 Å². The van der Waals surface area contributed by atoms with Gasteiger partial charge in [-0.1, -0.05) is 0 Å². The molecule has 3 heterocycles. The molecule has 1 unspecified atom stereocenters. The predicted octanol–water partition coefficient (Wildman–Crippen LogP) is 2.82. The Bertz CT molecular complexity index is 855. The molecule has 0 saturated carbocycles. The Morgan fingerprint density at radius 2 is 1.79 bits per heavy atom. The number of carbonyl (C=O) groups is 2. The Labute approximate surface area is 171 Å². The second kappa shape index (κ2) is 8.68. The van der Waals surface area contributed by atoms with E-state index in [-0.39, 0.29) is 17.9 Å². The molecule has 1 aromatic carbocycles. The molecular formula is C22H28N4O3. The average Bonchev–Trinajstić information content (AvgIpc) is 3.53. The first-order valence-corrected chi connectivity index (χ1v) is 10.5. The van der Waals surface area contributed by atoms with E-state index in [2.05, 4.69) is 5.10 Å². The summed E-state index contributed by atoms with van der Waals surface area (Å²) in [5, 5.41) is 4.33. The van der Waals surface area contributed by atoms with Gasteiger partial charge >= 0.3 is 0 Å². The van der Waals surface area contributed by atoms with Gasteiger partial charge in [-0.3, -0.25) is 14.3 Å². The minimum Gasteiger partial charge on any atom is -0.491 e. The molecule has 0 radical (unpaired) electrons. The van der Waals surface area contributed by atoms with Crippen LogP contribution >= 0.6 is 0 Å². The zero-order valence-corrected chi connectivity index (χ0v) is 16.9. The van der Waals surface area contributed by atoms with Crippen molar-refractivity contribution in [3.8, 4) is 5.75 Å². The van der Waals surface area contributed by atoms with Gasteiger partial charge in [0.1, 0.15) is 18.1 Å². The summed E-state index contributed by atoms with van der Waals surface area (Å²) in [5.41, 5.74) is 1.19. The first kappa shape index (κ1) is 19.5. The van der Waals surface area contributed by atoms with Crippen molar-refractivity contribution in [2.45, 2.75) is 45.2 Å². The van der Waals surface area contributed by atoms with Crippen molar-refractivity contribution < 1.29 is 14.3 Å². The van der Waals surface area contributed by atoms with E-state index in [0.29, 0.717) is 17.9 Å². The fourth-order valence-electron chi connectivity index (χ4n) is 4.06. The van der Waals surface area contributed by atoms with Crippen molar-refractivity contribution in [2.75, 3.05) is 26.2 Å². The maximum absolute atomic E-state index is 12.8. The van der Waals surface area contributed by atoms with Crippen LogP contribution in [-0.4, -0.2) is 63.7 Å². The second-order valence-corrected chi connectivity index (χ2v) is 7.69. The Balaban J connectivity index is 1.34. The number of ether oxygens (including phenoxy) is 1. The van der Waals surface area contributed by atoms with Crippen molar-refractivity contribution in [1.29, 1.82) is 0 Å². The molecule has 0 aliphatic carbocycles. The molecule has 154 valence electrons. The van der Waals surface area contributed by atoms with Crippen LogP contribution in [0.1, 0.15) is 53.5 Å². The Kier molecular flexibility index (Phi) is 5.83. The van der Waals surface area contributed by atoms with Gasteiger partial charge in [0, 0.05) is 37.9 Å². The highest BCUT2D eigenvalue weighted by Gasteiger charge is 2.31. The van der Waals surface area contributed by atoms with Gasteiger partial charge in [0.15, 0.2) is 0 Å². The number of likely N-dealkylation sites (tertiary alicyclic amines) is 2. The van der Waals surface area contributed by atoms with Gasteiger partial charge in [-0.2, -0.15) is 5.10 Å². The SMILES string of the molecule is CCn1ccc(C(=O)N2CCCC2COc2ccc(C(=O)N3CCCC3)cc2)n1. The summed E-state index contributed by atoms with van der Waals surface area (Å²) >= 11 is 0. The number of nitrogens with zero attached hydrogens (tertiary/aromatic N) is 4. The van der Waals surface area contributed by atoms with Gasteiger partial charge in [0.05, 0.1) is 6.04 Å². The van der Waals surface area contributed by atoms with Gasteiger partial charge in [-0.05, 0) is 62.9 Å². The summed E-state index contributed by atoms with van der Waals surface area (Å²) in [6, 6.07) is 9.15. The number of hydrogen-bond acceptors (Lipinski definition) is 4. The summed E-state index contributed by atoms with van der Waals surface area (Å²) in [5.74, 6) is 0.778. The minimum atomic E-state index is -0.0325. The summed E-state index contributed by atoms with van der Waals surface area (Å²) in [4.78, 5) is 29.0. The van der Waals surface area contributed by atoms with E-state index in [0.717, 1.165) is 57.6 Å². The summed E-state index contributed by atoms with van der Waals surface area (Å²) in [7, 11) is 0. The average molecular weight is 396 g/mol. The van der Waals surface area contributed by atoms with Gasteiger partial charge in [0.25, 0.3) is 11.8 Å². The normalized spacial score (nSPS) is 19.0. The fourth-order valence-corrected chi connectivity index (χ4v) is 4.06. The van der Waals surface area contributed by atoms with E-state index in [9.17, 15) is 9.59 Å². The van der Waals surface area contributed by atoms with Crippen molar-refractivity contribution in [1.82, 2.24) is 19.6 Å². The quantitative estimate of drug-likeness (QED) is 0.753. The Morgan fingerprint density at radius 1 is 1.03 bits per heavy atom. The highest BCUT2D eigenvalue weighted by molar-refractivity contribution is 5.94. The highest BCUT2D eigenvalue weighted by Crippen LogP contribution is 2.22. The summed E-state index contributed by atoms with van der Waals surface area (Å²) in [6.07, 6.45) is 5.90. The molecule has 4 rings (SSSR count). The lowest BCUT2D eigenvalue weighted by molar-refractivity contribution is 0.0684. The maximum atomic E-state index is 12.8. The molecule has 2 aliphatic heterocycles. The van der Waals surface area contributed by atoms with Crippen LogP contribution in [0, 0.1) is 0 Å². The monoisotopic (exact) mass is 396 g/mol. The molecule has 1 aromatic heterocycles. The molecule has 0 N–H and O–H groups in total. The fraction of sp³-hybridized carbons (Fsp3) is 0.500. The number of aromatic nitrogens is 2. The van der Waals surface area contributed by atoms with Gasteiger partial charge in [-0.15, -0.1) is 0 Å². The molecule has 2 aromatic rings. The lowest BCUT2D eigenvalue weighted by atomic mass is 10.2. The van der Waals surface area contributed by atoms with Crippen LogP contribution in [0.2, 0.25) is 0 Å². The molecule has 2 aliphatic rings. The zero-order valence-electron chi connectivity index (χ0n) is 16.9. The third kappa shape index (κ3) is 4.28. The van der Waals surface area contributed by atoms with E-state index in [4.69, 9.17) is 4.74 Å². The lowest BCUT2D eigenvalue weighted by Gasteiger charge is -2.24. The number of rotatable bonds is 6. The van der Waals surface area contributed by atoms with Gasteiger partial charge in [0.2, 0.25) is 0 Å². The molecule has 7 heteroatoms. The molecule has 2 fully saturated rings. The van der Waals surface area contributed by atoms with Crippen molar-refractivity contribution in [3.63, 3.8) is 0 Å². The Morgan fingerprint density at radius 3 is 2.48 bits per heavy atom. The number of amides is 2. The molecule has 29 heavy (non-hydrogen) atoms. The zero-order chi connectivity index (χ0) is 20.2. The van der Waals surface area contributed by atoms with E-state index < -0.39 is 0 Å². The molecule has 0 spiro atoms. The Hall–Kier alpha value is -2.83. The number of hydrogen-bond donors (Lipinski definition) is 0. The standard InChI is InChI=1S/C22H28N4O3/c1-2-25-15-11-20(23-25)22(28)26-14-5-6-18(26)16-29-19-9-7-17(8-10-19)21(27)24-12-3-4-13-24/h7-11,15,18H,2-6,12-14,16H2,1H3. The van der Waals surface area contributed by atoms with E-state index in [1.54, 1.807) is 10.7 Å². The topological polar surface area (TPSA) is 67.7 Å². The summed E-state index contributed by atoms with van der Waals surface area (Å²) in [6.45, 7) is 5.61.